The van der Waals surface area contributed by atoms with Crippen molar-refractivity contribution < 1.29 is 5.11 Å². The van der Waals surface area contributed by atoms with Crippen molar-refractivity contribution >= 4 is 5.82 Å². The largest absolute Gasteiger partial charge is 0.396 e. The second-order valence-electron chi connectivity index (χ2n) is 5.62. The summed E-state index contributed by atoms with van der Waals surface area (Å²) in [4.78, 5) is 16.2. The molecule has 1 heterocycles. The summed E-state index contributed by atoms with van der Waals surface area (Å²) < 4.78 is 1.68. The Morgan fingerprint density at radius 1 is 1.47 bits per heavy atom. The van der Waals surface area contributed by atoms with E-state index in [1.807, 2.05) is 6.92 Å². The Bertz CT molecular complexity index is 441. The first kappa shape index (κ1) is 15.7. The first-order valence-electron chi connectivity index (χ1n) is 6.90. The van der Waals surface area contributed by atoms with Crippen LogP contribution in [0.5, 0.6) is 0 Å². The maximum Gasteiger partial charge on any atom is 0.293 e. The van der Waals surface area contributed by atoms with E-state index >= 15 is 0 Å². The van der Waals surface area contributed by atoms with Crippen LogP contribution in [0.4, 0.5) is 5.82 Å². The van der Waals surface area contributed by atoms with Gasteiger partial charge < -0.3 is 15.0 Å². The van der Waals surface area contributed by atoms with Gasteiger partial charge in [0.1, 0.15) is 0 Å². The van der Waals surface area contributed by atoms with Crippen LogP contribution >= 0.6 is 0 Å². The fraction of sp³-hybridized carbons (Fsp3) is 0.714. The Balaban J connectivity index is 2.67. The molecule has 0 bridgehead atoms. The smallest absolute Gasteiger partial charge is 0.293 e. The molecule has 0 aromatic carbocycles. The molecular formula is C14H25N3O2. The van der Waals surface area contributed by atoms with Gasteiger partial charge in [0.25, 0.3) is 5.56 Å². The van der Waals surface area contributed by atoms with Crippen LogP contribution in [0.1, 0.15) is 40.0 Å². The number of hydrogen-bond acceptors (Lipinski definition) is 4. The summed E-state index contributed by atoms with van der Waals surface area (Å²) in [5.74, 6) is 0.410. The van der Waals surface area contributed by atoms with Gasteiger partial charge in [0, 0.05) is 32.1 Å². The number of anilines is 1. The molecule has 108 valence electrons. The number of nitrogens with one attached hydrogen (secondary N) is 1. The Morgan fingerprint density at radius 2 is 2.21 bits per heavy atom. The zero-order valence-electron chi connectivity index (χ0n) is 12.1. The van der Waals surface area contributed by atoms with Crippen LogP contribution in [-0.4, -0.2) is 27.8 Å². The van der Waals surface area contributed by atoms with Gasteiger partial charge in [-0.15, -0.1) is 0 Å². The molecule has 0 unspecified atom stereocenters. The van der Waals surface area contributed by atoms with Gasteiger partial charge in [-0.05, 0) is 24.7 Å². The number of aryl methyl sites for hydroxylation is 1. The third-order valence-corrected chi connectivity index (χ3v) is 3.12. The van der Waals surface area contributed by atoms with Gasteiger partial charge in [0.05, 0.1) is 0 Å². The fourth-order valence-electron chi connectivity index (χ4n) is 1.95. The van der Waals surface area contributed by atoms with Gasteiger partial charge in [-0.2, -0.15) is 0 Å². The molecule has 5 heteroatoms. The number of aromatic nitrogens is 2. The SMILES string of the molecule is CCCn1ccnc(NCC(C)(C)CCCO)c1=O. The fourth-order valence-corrected chi connectivity index (χ4v) is 1.95. The van der Waals surface area contributed by atoms with E-state index in [0.717, 1.165) is 19.3 Å². The van der Waals surface area contributed by atoms with E-state index < -0.39 is 0 Å². The second kappa shape index (κ2) is 7.28. The van der Waals surface area contributed by atoms with E-state index in [1.54, 1.807) is 17.0 Å². The molecule has 2 N–H and O–H groups in total. The van der Waals surface area contributed by atoms with Crippen LogP contribution in [0.15, 0.2) is 17.2 Å². The van der Waals surface area contributed by atoms with Crippen molar-refractivity contribution in [3.8, 4) is 0 Å². The van der Waals surface area contributed by atoms with Crippen LogP contribution in [0.3, 0.4) is 0 Å². The molecular weight excluding hydrogens is 242 g/mol. The third kappa shape index (κ3) is 5.03. The van der Waals surface area contributed by atoms with Crippen LogP contribution in [0, 0.1) is 5.41 Å². The van der Waals surface area contributed by atoms with Gasteiger partial charge in [0.2, 0.25) is 0 Å². The lowest BCUT2D eigenvalue weighted by Gasteiger charge is -2.24. The number of rotatable bonds is 8. The lowest BCUT2D eigenvalue weighted by Crippen LogP contribution is -2.29. The zero-order chi connectivity index (χ0) is 14.3. The number of aliphatic hydroxyl groups is 1. The molecule has 0 radical (unpaired) electrons. The molecule has 0 atom stereocenters. The molecule has 0 amide bonds. The lowest BCUT2D eigenvalue weighted by atomic mass is 9.88. The van der Waals surface area contributed by atoms with Gasteiger partial charge in [-0.3, -0.25) is 4.79 Å². The highest BCUT2D eigenvalue weighted by Gasteiger charge is 2.18. The molecule has 19 heavy (non-hydrogen) atoms. The normalized spacial score (nSPS) is 11.6. The Labute approximate surface area is 114 Å². The summed E-state index contributed by atoms with van der Waals surface area (Å²) in [5, 5.41) is 12.0. The summed E-state index contributed by atoms with van der Waals surface area (Å²) in [6.45, 7) is 7.86. The molecule has 0 aliphatic heterocycles. The first-order valence-corrected chi connectivity index (χ1v) is 6.90. The summed E-state index contributed by atoms with van der Waals surface area (Å²) in [5.41, 5.74) is -0.0373. The highest BCUT2D eigenvalue weighted by atomic mass is 16.2. The minimum atomic E-state index is -0.0673. The summed E-state index contributed by atoms with van der Waals surface area (Å²) >= 11 is 0. The molecule has 0 aliphatic rings. The molecule has 1 aromatic heterocycles. The minimum absolute atomic E-state index is 0.0300. The van der Waals surface area contributed by atoms with Crippen molar-refractivity contribution in [2.45, 2.75) is 46.6 Å². The minimum Gasteiger partial charge on any atom is -0.396 e. The third-order valence-electron chi connectivity index (χ3n) is 3.12. The molecule has 5 nitrogen and oxygen atoms in total. The van der Waals surface area contributed by atoms with Crippen molar-refractivity contribution in [3.63, 3.8) is 0 Å². The highest BCUT2D eigenvalue weighted by molar-refractivity contribution is 5.31. The van der Waals surface area contributed by atoms with E-state index in [4.69, 9.17) is 5.11 Å². The van der Waals surface area contributed by atoms with Gasteiger partial charge in [-0.25, -0.2) is 4.98 Å². The van der Waals surface area contributed by atoms with Crippen molar-refractivity contribution in [2.75, 3.05) is 18.5 Å². The lowest BCUT2D eigenvalue weighted by molar-refractivity contribution is 0.247. The predicted molar refractivity (Wildman–Crippen MR) is 77.4 cm³/mol. The Morgan fingerprint density at radius 3 is 2.84 bits per heavy atom. The number of nitrogens with zero attached hydrogens (tertiary/aromatic N) is 2. The average molecular weight is 267 g/mol. The molecule has 0 saturated heterocycles. The van der Waals surface area contributed by atoms with E-state index in [1.165, 1.54) is 0 Å². The van der Waals surface area contributed by atoms with Gasteiger partial charge >= 0.3 is 0 Å². The molecule has 1 aromatic rings. The van der Waals surface area contributed by atoms with E-state index in [2.05, 4.69) is 24.1 Å². The maximum atomic E-state index is 12.1. The zero-order valence-corrected chi connectivity index (χ0v) is 12.1. The second-order valence-corrected chi connectivity index (χ2v) is 5.62. The Kier molecular flexibility index (Phi) is 6.02. The highest BCUT2D eigenvalue weighted by Crippen LogP contribution is 2.21. The van der Waals surface area contributed by atoms with Crippen LogP contribution in [0.25, 0.3) is 0 Å². The molecule has 0 spiro atoms. The maximum absolute atomic E-state index is 12.1. The van der Waals surface area contributed by atoms with E-state index in [-0.39, 0.29) is 17.6 Å². The van der Waals surface area contributed by atoms with Crippen molar-refractivity contribution in [1.29, 1.82) is 0 Å². The quantitative estimate of drug-likeness (QED) is 0.754. The summed E-state index contributed by atoms with van der Waals surface area (Å²) in [6, 6.07) is 0. The van der Waals surface area contributed by atoms with Crippen LogP contribution < -0.4 is 10.9 Å². The molecule has 0 saturated carbocycles. The molecule has 1 rings (SSSR count). The van der Waals surface area contributed by atoms with Crippen molar-refractivity contribution in [1.82, 2.24) is 9.55 Å². The molecule has 0 fully saturated rings. The number of aliphatic hydroxyl groups excluding tert-OH is 1. The van der Waals surface area contributed by atoms with Crippen LogP contribution in [0.2, 0.25) is 0 Å². The van der Waals surface area contributed by atoms with Crippen LogP contribution in [-0.2, 0) is 6.54 Å². The van der Waals surface area contributed by atoms with E-state index in [9.17, 15) is 4.79 Å². The summed E-state index contributed by atoms with van der Waals surface area (Å²) in [7, 11) is 0. The van der Waals surface area contributed by atoms with Crippen molar-refractivity contribution in [3.05, 3.63) is 22.7 Å². The predicted octanol–water partition coefficient (Wildman–Crippen LogP) is 1.86. The number of hydrogen-bond donors (Lipinski definition) is 2. The average Bonchev–Trinajstić information content (AvgIpc) is 2.38. The van der Waals surface area contributed by atoms with E-state index in [0.29, 0.717) is 18.9 Å². The Hall–Kier alpha value is -1.36. The van der Waals surface area contributed by atoms with Gasteiger partial charge in [-0.1, -0.05) is 20.8 Å². The monoisotopic (exact) mass is 267 g/mol. The first-order chi connectivity index (χ1) is 9.00. The van der Waals surface area contributed by atoms with Crippen molar-refractivity contribution in [2.24, 2.45) is 5.41 Å². The van der Waals surface area contributed by atoms with Gasteiger partial charge in [0.15, 0.2) is 5.82 Å². The standard InChI is InChI=1S/C14H25N3O2/c1-4-8-17-9-7-15-12(13(17)19)16-11-14(2,3)6-5-10-18/h7,9,18H,4-6,8,10-11H2,1-3H3,(H,15,16). The summed E-state index contributed by atoms with van der Waals surface area (Å²) in [6.07, 6.45) is 5.98. The topological polar surface area (TPSA) is 67.2 Å². The molecule has 0 aliphatic carbocycles.